The van der Waals surface area contributed by atoms with Crippen LogP contribution in [0.15, 0.2) is 97.2 Å². The zero-order valence-corrected chi connectivity index (χ0v) is 34.4. The van der Waals surface area contributed by atoms with E-state index >= 15 is 0 Å². The summed E-state index contributed by atoms with van der Waals surface area (Å²) in [4.78, 5) is 36.8. The molecule has 0 saturated carbocycles. The van der Waals surface area contributed by atoms with Crippen LogP contribution in [-0.4, -0.2) is 80.6 Å². The fourth-order valence-electron chi connectivity index (χ4n) is 5.14. The minimum atomic E-state index is -0.894. The quantitative estimate of drug-likeness (QED) is 0.0302. The molecule has 8 heteroatoms. The van der Waals surface area contributed by atoms with Gasteiger partial charge in [-0.05, 0) is 83.5 Å². The molecule has 1 N–H and O–H groups in total. The Balaban J connectivity index is 4.57. The number of unbranched alkanes of at least 4 members (excludes halogenated alkanes) is 4. The summed E-state index contributed by atoms with van der Waals surface area (Å²) >= 11 is 0. The van der Waals surface area contributed by atoms with Crippen molar-refractivity contribution in [3.05, 3.63) is 97.2 Å². The number of esters is 2. The topological polar surface area (TPSA) is 99.1 Å². The van der Waals surface area contributed by atoms with Gasteiger partial charge < -0.3 is 23.8 Å². The number of hydrogen-bond acceptors (Lipinski definition) is 6. The van der Waals surface area contributed by atoms with Crippen molar-refractivity contribution >= 4 is 17.9 Å². The minimum Gasteiger partial charge on any atom is -0.477 e. The second-order valence-corrected chi connectivity index (χ2v) is 14.1. The van der Waals surface area contributed by atoms with Crippen LogP contribution in [-0.2, 0) is 28.6 Å². The molecule has 0 rings (SSSR count). The van der Waals surface area contributed by atoms with Crippen molar-refractivity contribution in [1.82, 2.24) is 0 Å². The number of aliphatic carboxylic acids is 1. The first-order valence-electron chi connectivity index (χ1n) is 20.3. The fraction of sp³-hybridized carbons (Fsp3) is 0.587. The van der Waals surface area contributed by atoms with Crippen molar-refractivity contribution in [2.24, 2.45) is 0 Å². The molecule has 0 spiro atoms. The molecular weight excluding hydrogens is 679 g/mol. The molecule has 304 valence electrons. The molecule has 2 unspecified atom stereocenters. The number of quaternary nitrogens is 1. The second-order valence-electron chi connectivity index (χ2n) is 14.1. The third kappa shape index (κ3) is 34.0. The summed E-state index contributed by atoms with van der Waals surface area (Å²) in [6.07, 6.45) is 47.5. The predicted molar refractivity (Wildman–Crippen MR) is 224 cm³/mol. The largest absolute Gasteiger partial charge is 0.477 e. The maximum atomic E-state index is 12.7. The Bertz CT molecular complexity index is 1200. The van der Waals surface area contributed by atoms with Gasteiger partial charge in [0.25, 0.3) is 0 Å². The standard InChI is InChI=1S/C46H73NO7/c1-6-8-10-12-14-16-18-20-21-22-23-25-27-29-31-33-35-37-45(49)54-42(40-52-39-38-43(46(50)51)47(3,4)5)41-53-44(48)36-34-32-30-28-26-24-19-17-15-13-11-9-7-2/h8-11,14-17,20-21,23-26,29,31,42-43H,6-7,12-13,18-19,22,27-28,30,32-41H2,1-5H3/p+1/b10-8-,11-9-,16-14-,17-15-,21-20-,25-23-,26-24-,31-29-. The van der Waals surface area contributed by atoms with Crippen LogP contribution in [0.2, 0.25) is 0 Å². The number of ether oxygens (including phenoxy) is 3. The minimum absolute atomic E-state index is 0.0221. The molecule has 0 saturated heterocycles. The maximum Gasteiger partial charge on any atom is 0.362 e. The van der Waals surface area contributed by atoms with Crippen LogP contribution in [0, 0.1) is 0 Å². The average molecular weight is 753 g/mol. The van der Waals surface area contributed by atoms with Gasteiger partial charge in [-0.2, -0.15) is 0 Å². The highest BCUT2D eigenvalue weighted by Crippen LogP contribution is 2.11. The lowest BCUT2D eigenvalue weighted by atomic mass is 10.1. The number of carbonyl (C=O) groups excluding carboxylic acids is 2. The van der Waals surface area contributed by atoms with Crippen LogP contribution in [0.1, 0.15) is 123 Å². The summed E-state index contributed by atoms with van der Waals surface area (Å²) in [5.74, 6) is -1.60. The van der Waals surface area contributed by atoms with E-state index in [0.717, 1.165) is 83.5 Å². The van der Waals surface area contributed by atoms with Gasteiger partial charge >= 0.3 is 17.9 Å². The smallest absolute Gasteiger partial charge is 0.362 e. The molecule has 0 bridgehead atoms. The summed E-state index contributed by atoms with van der Waals surface area (Å²) in [6, 6.07) is -0.634. The zero-order chi connectivity index (χ0) is 40.0. The molecule has 2 atom stereocenters. The van der Waals surface area contributed by atoms with E-state index in [2.05, 4.69) is 111 Å². The highest BCUT2D eigenvalue weighted by Gasteiger charge is 2.31. The van der Waals surface area contributed by atoms with Gasteiger partial charge in [-0.25, -0.2) is 4.79 Å². The third-order valence-electron chi connectivity index (χ3n) is 8.23. The Labute approximate surface area is 328 Å². The normalized spacial score (nSPS) is 14.0. The summed E-state index contributed by atoms with van der Waals surface area (Å²) < 4.78 is 17.1. The highest BCUT2D eigenvalue weighted by molar-refractivity contribution is 5.72. The van der Waals surface area contributed by atoms with Crippen molar-refractivity contribution in [2.45, 2.75) is 135 Å². The van der Waals surface area contributed by atoms with Gasteiger partial charge in [0, 0.05) is 19.3 Å². The average Bonchev–Trinajstić information content (AvgIpc) is 3.12. The SMILES string of the molecule is CC/C=C\C/C=C\C/C=C\C/C=C\C/C=C\CCCC(=O)OC(COCCC(C(=O)O)[N+](C)(C)C)COC(=O)CCCCC/C=C\C/C=C\C/C=C\CC. The van der Waals surface area contributed by atoms with Crippen molar-refractivity contribution < 1.29 is 38.2 Å². The van der Waals surface area contributed by atoms with Crippen molar-refractivity contribution in [3.8, 4) is 0 Å². The monoisotopic (exact) mass is 753 g/mol. The lowest BCUT2D eigenvalue weighted by molar-refractivity contribution is -0.887. The number of nitrogens with zero attached hydrogens (tertiary/aromatic N) is 1. The third-order valence-corrected chi connectivity index (χ3v) is 8.23. The Morgan fingerprint density at radius 2 is 1.00 bits per heavy atom. The van der Waals surface area contributed by atoms with Gasteiger partial charge in [0.05, 0.1) is 34.4 Å². The first-order chi connectivity index (χ1) is 26.1. The van der Waals surface area contributed by atoms with Crippen LogP contribution < -0.4 is 0 Å². The molecule has 0 heterocycles. The molecule has 0 aromatic heterocycles. The van der Waals surface area contributed by atoms with Gasteiger partial charge in [-0.3, -0.25) is 9.59 Å². The highest BCUT2D eigenvalue weighted by atomic mass is 16.6. The van der Waals surface area contributed by atoms with E-state index in [1.807, 2.05) is 21.1 Å². The lowest BCUT2D eigenvalue weighted by Gasteiger charge is -2.31. The molecule has 54 heavy (non-hydrogen) atoms. The van der Waals surface area contributed by atoms with Crippen molar-refractivity contribution in [1.29, 1.82) is 0 Å². The van der Waals surface area contributed by atoms with E-state index in [9.17, 15) is 19.5 Å². The van der Waals surface area contributed by atoms with Crippen LogP contribution >= 0.6 is 0 Å². The van der Waals surface area contributed by atoms with Gasteiger partial charge in [0.2, 0.25) is 0 Å². The Morgan fingerprint density at radius 1 is 0.556 bits per heavy atom. The molecule has 0 fully saturated rings. The lowest BCUT2D eigenvalue weighted by Crippen LogP contribution is -2.50. The number of carboxylic acid groups (broad SMARTS) is 1. The zero-order valence-electron chi connectivity index (χ0n) is 34.4. The number of allylic oxidation sites excluding steroid dienone is 16. The molecule has 0 aromatic carbocycles. The maximum absolute atomic E-state index is 12.7. The number of carbonyl (C=O) groups is 3. The van der Waals surface area contributed by atoms with E-state index in [-0.39, 0.29) is 42.7 Å². The van der Waals surface area contributed by atoms with Gasteiger partial charge in [0.1, 0.15) is 6.61 Å². The molecular formula is C46H74NO7+. The molecule has 0 aromatic rings. The van der Waals surface area contributed by atoms with Crippen LogP contribution in [0.25, 0.3) is 0 Å². The van der Waals surface area contributed by atoms with Crippen molar-refractivity contribution in [3.63, 3.8) is 0 Å². The van der Waals surface area contributed by atoms with E-state index in [1.54, 1.807) is 0 Å². The second kappa shape index (κ2) is 36.2. The predicted octanol–water partition coefficient (Wildman–Crippen LogP) is 10.7. The summed E-state index contributed by atoms with van der Waals surface area (Å²) in [5, 5.41) is 9.60. The molecule has 0 radical (unpaired) electrons. The van der Waals surface area contributed by atoms with E-state index < -0.39 is 18.1 Å². The molecule has 0 aliphatic rings. The van der Waals surface area contributed by atoms with Gasteiger partial charge in [0.15, 0.2) is 12.1 Å². The van der Waals surface area contributed by atoms with E-state index in [1.165, 1.54) is 0 Å². The van der Waals surface area contributed by atoms with Gasteiger partial charge in [-0.15, -0.1) is 0 Å². The van der Waals surface area contributed by atoms with Crippen LogP contribution in [0.5, 0.6) is 0 Å². The number of hydrogen-bond donors (Lipinski definition) is 1. The first-order valence-corrected chi connectivity index (χ1v) is 20.3. The first kappa shape index (κ1) is 50.2. The number of rotatable bonds is 34. The van der Waals surface area contributed by atoms with E-state index in [4.69, 9.17) is 14.2 Å². The van der Waals surface area contributed by atoms with Crippen molar-refractivity contribution in [2.75, 3.05) is 41.0 Å². The summed E-state index contributed by atoms with van der Waals surface area (Å²) in [7, 11) is 5.48. The van der Waals surface area contributed by atoms with E-state index in [0.29, 0.717) is 19.3 Å². The van der Waals surface area contributed by atoms with Gasteiger partial charge in [-0.1, -0.05) is 117 Å². The number of likely N-dealkylation sites (N-methyl/N-ethyl adjacent to an activating group) is 1. The van der Waals surface area contributed by atoms with Crippen LogP contribution in [0.4, 0.5) is 0 Å². The Morgan fingerprint density at radius 3 is 1.46 bits per heavy atom. The Kier molecular flexibility index (Phi) is 33.7. The Hall–Kier alpha value is -3.75. The molecule has 0 aliphatic heterocycles. The fourth-order valence-corrected chi connectivity index (χ4v) is 5.14. The molecule has 0 amide bonds. The summed E-state index contributed by atoms with van der Waals surface area (Å²) in [5.41, 5.74) is 0. The number of carboxylic acids is 1. The van der Waals surface area contributed by atoms with Crippen LogP contribution in [0.3, 0.4) is 0 Å². The molecule has 0 aliphatic carbocycles. The molecule has 8 nitrogen and oxygen atoms in total. The summed E-state index contributed by atoms with van der Waals surface area (Å²) in [6.45, 7) is 4.38.